The first-order chi connectivity index (χ1) is 10.5. The number of amides is 3. The topological polar surface area (TPSA) is 84.5 Å². The number of rotatable bonds is 6. The minimum atomic E-state index is -0.717. The van der Waals surface area contributed by atoms with Crippen LogP contribution in [0.25, 0.3) is 6.08 Å². The number of esters is 1. The molecular weight excluding hydrogens is 352 g/mol. The van der Waals surface area contributed by atoms with Gasteiger partial charge in [-0.3, -0.25) is 10.1 Å². The molecular formula is C15H15BrN2O4. The second kappa shape index (κ2) is 9.51. The Kier molecular flexibility index (Phi) is 7.63. The van der Waals surface area contributed by atoms with E-state index < -0.39 is 24.5 Å². The van der Waals surface area contributed by atoms with Crippen LogP contribution in [0.2, 0.25) is 0 Å². The van der Waals surface area contributed by atoms with Crippen molar-refractivity contribution < 1.29 is 19.1 Å². The van der Waals surface area contributed by atoms with Gasteiger partial charge in [0.15, 0.2) is 6.61 Å². The second-order valence-electron chi connectivity index (χ2n) is 4.04. The van der Waals surface area contributed by atoms with Gasteiger partial charge in [-0.05, 0) is 23.8 Å². The van der Waals surface area contributed by atoms with Crippen LogP contribution in [-0.2, 0) is 14.3 Å². The zero-order valence-corrected chi connectivity index (χ0v) is 13.3. The smallest absolute Gasteiger partial charge is 0.331 e. The molecule has 6 nitrogen and oxygen atoms in total. The third kappa shape index (κ3) is 7.39. The minimum Gasteiger partial charge on any atom is -0.452 e. The predicted octanol–water partition coefficient (Wildman–Crippen LogP) is 2.02. The lowest BCUT2D eigenvalue weighted by atomic mass is 10.2. The van der Waals surface area contributed by atoms with Crippen molar-refractivity contribution in [1.29, 1.82) is 0 Å². The van der Waals surface area contributed by atoms with E-state index in [4.69, 9.17) is 4.74 Å². The highest BCUT2D eigenvalue weighted by atomic mass is 79.9. The summed E-state index contributed by atoms with van der Waals surface area (Å²) in [5, 5.41) is 4.36. The van der Waals surface area contributed by atoms with E-state index in [1.165, 1.54) is 12.2 Å². The quantitative estimate of drug-likeness (QED) is 0.458. The number of carbonyl (C=O) groups is 3. The fourth-order valence-corrected chi connectivity index (χ4v) is 1.75. The first kappa shape index (κ1) is 17.6. The molecule has 2 N–H and O–H groups in total. The van der Waals surface area contributed by atoms with Crippen molar-refractivity contribution in [1.82, 2.24) is 10.6 Å². The molecule has 0 heterocycles. The fraction of sp³-hybridized carbons (Fsp3) is 0.133. The summed E-state index contributed by atoms with van der Waals surface area (Å²) in [6.45, 7) is 3.11. The van der Waals surface area contributed by atoms with Gasteiger partial charge in [0.1, 0.15) is 0 Å². The molecule has 1 rings (SSSR count). The third-order valence-electron chi connectivity index (χ3n) is 2.27. The summed E-state index contributed by atoms with van der Waals surface area (Å²) in [6, 6.07) is 6.64. The Morgan fingerprint density at radius 2 is 2.09 bits per heavy atom. The van der Waals surface area contributed by atoms with Crippen LogP contribution in [0.5, 0.6) is 0 Å². The Hall–Kier alpha value is -2.41. The molecule has 0 unspecified atom stereocenters. The average Bonchev–Trinajstić information content (AvgIpc) is 2.49. The van der Waals surface area contributed by atoms with E-state index in [9.17, 15) is 14.4 Å². The maximum absolute atomic E-state index is 11.4. The van der Waals surface area contributed by atoms with Gasteiger partial charge in [0, 0.05) is 17.1 Å². The number of urea groups is 1. The highest BCUT2D eigenvalue weighted by molar-refractivity contribution is 9.10. The molecule has 1 aromatic carbocycles. The van der Waals surface area contributed by atoms with E-state index >= 15 is 0 Å². The summed E-state index contributed by atoms with van der Waals surface area (Å²) < 4.78 is 5.59. The highest BCUT2D eigenvalue weighted by Crippen LogP contribution is 2.12. The number of halogens is 1. The summed E-state index contributed by atoms with van der Waals surface area (Å²) in [5.41, 5.74) is 0.805. The summed E-state index contributed by atoms with van der Waals surface area (Å²) in [6.07, 6.45) is 4.23. The molecule has 0 aromatic heterocycles. The van der Waals surface area contributed by atoms with Crippen LogP contribution in [-0.4, -0.2) is 31.1 Å². The summed E-state index contributed by atoms with van der Waals surface area (Å²) in [5.74, 6) is -1.40. The summed E-state index contributed by atoms with van der Waals surface area (Å²) >= 11 is 3.31. The lowest BCUT2D eigenvalue weighted by Gasteiger charge is -2.04. The minimum absolute atomic E-state index is 0.230. The van der Waals surface area contributed by atoms with E-state index in [2.05, 4.69) is 27.8 Å². The van der Waals surface area contributed by atoms with Crippen LogP contribution in [0.1, 0.15) is 5.56 Å². The Bertz CT molecular complexity index is 599. The van der Waals surface area contributed by atoms with Crippen molar-refractivity contribution in [3.63, 3.8) is 0 Å². The second-order valence-corrected chi connectivity index (χ2v) is 4.96. The Balaban J connectivity index is 2.35. The molecule has 0 saturated heterocycles. The van der Waals surface area contributed by atoms with E-state index in [0.717, 1.165) is 10.0 Å². The molecule has 0 atom stereocenters. The van der Waals surface area contributed by atoms with E-state index in [1.54, 1.807) is 6.08 Å². The molecule has 0 aliphatic heterocycles. The van der Waals surface area contributed by atoms with Gasteiger partial charge in [0.05, 0.1) is 0 Å². The van der Waals surface area contributed by atoms with Gasteiger partial charge in [-0.15, -0.1) is 6.58 Å². The van der Waals surface area contributed by atoms with Crippen LogP contribution >= 0.6 is 15.9 Å². The molecule has 22 heavy (non-hydrogen) atoms. The normalized spacial score (nSPS) is 10.0. The Morgan fingerprint density at radius 1 is 1.32 bits per heavy atom. The van der Waals surface area contributed by atoms with Gasteiger partial charge in [-0.25, -0.2) is 9.59 Å². The molecule has 3 amide bonds. The molecule has 0 radical (unpaired) electrons. The van der Waals surface area contributed by atoms with Crippen LogP contribution in [0, 0.1) is 0 Å². The number of imide groups is 1. The van der Waals surface area contributed by atoms with Gasteiger partial charge < -0.3 is 10.1 Å². The Labute approximate surface area is 136 Å². The largest absolute Gasteiger partial charge is 0.452 e. The standard InChI is InChI=1S/C15H15BrN2O4/c1-2-8-17-15(21)18-13(19)10-22-14(20)7-6-11-4-3-5-12(16)9-11/h2-7,9H,1,8,10H2,(H2,17,18,19,21)/b7-6+. The first-order valence-corrected chi connectivity index (χ1v) is 7.09. The first-order valence-electron chi connectivity index (χ1n) is 6.30. The zero-order chi connectivity index (χ0) is 16.4. The Morgan fingerprint density at radius 3 is 2.77 bits per heavy atom. The van der Waals surface area contributed by atoms with Gasteiger partial charge in [-0.1, -0.05) is 34.1 Å². The SMILES string of the molecule is C=CCNC(=O)NC(=O)COC(=O)/C=C/c1cccc(Br)c1. The lowest BCUT2D eigenvalue weighted by Crippen LogP contribution is -2.41. The van der Waals surface area contributed by atoms with Crippen LogP contribution in [0.3, 0.4) is 0 Å². The number of hydrogen-bond donors (Lipinski definition) is 2. The molecule has 0 spiro atoms. The summed E-state index contributed by atoms with van der Waals surface area (Å²) in [7, 11) is 0. The molecule has 0 saturated carbocycles. The van der Waals surface area contributed by atoms with Crippen LogP contribution in [0.15, 0.2) is 47.5 Å². The number of hydrogen-bond acceptors (Lipinski definition) is 4. The maximum Gasteiger partial charge on any atom is 0.331 e. The van der Waals surface area contributed by atoms with E-state index in [1.807, 2.05) is 29.6 Å². The monoisotopic (exact) mass is 366 g/mol. The van der Waals surface area contributed by atoms with Crippen molar-refractivity contribution in [2.24, 2.45) is 0 Å². The van der Waals surface area contributed by atoms with Gasteiger partial charge >= 0.3 is 12.0 Å². The lowest BCUT2D eigenvalue weighted by molar-refractivity contribution is -0.143. The fourth-order valence-electron chi connectivity index (χ4n) is 1.33. The molecule has 116 valence electrons. The molecule has 7 heteroatoms. The van der Waals surface area contributed by atoms with Crippen LogP contribution < -0.4 is 10.6 Å². The van der Waals surface area contributed by atoms with Crippen molar-refractivity contribution in [2.45, 2.75) is 0 Å². The average molecular weight is 367 g/mol. The van der Waals surface area contributed by atoms with Crippen molar-refractivity contribution >= 4 is 39.9 Å². The number of nitrogens with one attached hydrogen (secondary N) is 2. The molecule has 1 aromatic rings. The highest BCUT2D eigenvalue weighted by Gasteiger charge is 2.08. The predicted molar refractivity (Wildman–Crippen MR) is 85.9 cm³/mol. The van der Waals surface area contributed by atoms with Gasteiger partial charge in [0.25, 0.3) is 5.91 Å². The molecule has 0 aliphatic rings. The number of ether oxygens (including phenoxy) is 1. The van der Waals surface area contributed by atoms with E-state index in [0.29, 0.717) is 0 Å². The molecule has 0 aliphatic carbocycles. The number of benzene rings is 1. The van der Waals surface area contributed by atoms with Crippen molar-refractivity contribution in [3.05, 3.63) is 53.0 Å². The number of carbonyl (C=O) groups excluding carboxylic acids is 3. The van der Waals surface area contributed by atoms with E-state index in [-0.39, 0.29) is 6.54 Å². The molecule has 0 fully saturated rings. The zero-order valence-electron chi connectivity index (χ0n) is 11.7. The summed E-state index contributed by atoms with van der Waals surface area (Å²) in [4.78, 5) is 33.9. The van der Waals surface area contributed by atoms with Crippen molar-refractivity contribution in [3.8, 4) is 0 Å². The maximum atomic E-state index is 11.4. The van der Waals surface area contributed by atoms with Gasteiger partial charge in [0.2, 0.25) is 0 Å². The van der Waals surface area contributed by atoms with Crippen LogP contribution in [0.4, 0.5) is 4.79 Å². The third-order valence-corrected chi connectivity index (χ3v) is 2.76. The van der Waals surface area contributed by atoms with Gasteiger partial charge in [-0.2, -0.15) is 0 Å². The van der Waals surface area contributed by atoms with Crippen molar-refractivity contribution in [2.75, 3.05) is 13.2 Å². The molecule has 0 bridgehead atoms.